The molecular formula is C62H36N6. The van der Waals surface area contributed by atoms with Gasteiger partial charge in [0.2, 0.25) is 0 Å². The van der Waals surface area contributed by atoms with Crippen molar-refractivity contribution in [3.8, 4) is 46.0 Å². The van der Waals surface area contributed by atoms with Crippen LogP contribution in [0.2, 0.25) is 0 Å². The molecule has 0 aliphatic rings. The highest BCUT2D eigenvalue weighted by atomic mass is 15.0. The summed E-state index contributed by atoms with van der Waals surface area (Å²) in [4.78, 5) is 0. The third-order valence-corrected chi connectivity index (χ3v) is 14.0. The second kappa shape index (κ2) is 14.4. The molecule has 10 aromatic carbocycles. The molecule has 0 bridgehead atoms. The second-order valence-electron chi connectivity index (χ2n) is 17.5. The summed E-state index contributed by atoms with van der Waals surface area (Å²) >= 11 is 0. The van der Waals surface area contributed by atoms with Crippen molar-refractivity contribution in [3.63, 3.8) is 0 Å². The van der Waals surface area contributed by atoms with Crippen LogP contribution in [0, 0.1) is 22.7 Å². The van der Waals surface area contributed by atoms with Crippen molar-refractivity contribution in [3.05, 3.63) is 230 Å². The van der Waals surface area contributed by atoms with Crippen molar-refractivity contribution in [2.24, 2.45) is 0 Å². The number of hydrogen-bond donors (Lipinski definition) is 0. The normalized spacial score (nSPS) is 11.8. The van der Waals surface area contributed by atoms with Crippen LogP contribution < -0.4 is 0 Å². The summed E-state index contributed by atoms with van der Waals surface area (Å²) in [5.74, 6) is 0. The standard InChI is InChI=1S/C62H36N6/c63-37-39-16-15-17-40(34-39)41-35-57(67-51-26-11-7-22-44(51)46-30-32-55-59(61(46)67)48-24-9-13-28-53(48)65(55)42-18-3-1-4-19-42)50(38-64)58(36-41)68-52-27-12-8-23-45(52)47-31-33-56-60(62(47)68)49-25-10-14-29-54(49)66(56)43-20-5-2-6-21-43/h1-36H. The molecule has 0 saturated heterocycles. The fourth-order valence-corrected chi connectivity index (χ4v) is 11.2. The smallest absolute Gasteiger partial charge is 0.104 e. The lowest BCUT2D eigenvalue weighted by molar-refractivity contribution is 1.12. The summed E-state index contributed by atoms with van der Waals surface area (Å²) in [7, 11) is 0. The molecule has 0 spiro atoms. The number of nitriles is 2. The zero-order valence-corrected chi connectivity index (χ0v) is 36.5. The zero-order valence-electron chi connectivity index (χ0n) is 36.5. The molecule has 0 radical (unpaired) electrons. The van der Waals surface area contributed by atoms with Gasteiger partial charge < -0.3 is 18.3 Å². The molecule has 4 heterocycles. The van der Waals surface area contributed by atoms with Gasteiger partial charge in [-0.05, 0) is 96.1 Å². The van der Waals surface area contributed by atoms with Crippen molar-refractivity contribution in [2.45, 2.75) is 0 Å². The lowest BCUT2D eigenvalue weighted by Gasteiger charge is -2.19. The topological polar surface area (TPSA) is 67.3 Å². The molecule has 0 saturated carbocycles. The van der Waals surface area contributed by atoms with Gasteiger partial charge in [-0.2, -0.15) is 10.5 Å². The molecule has 0 unspecified atom stereocenters. The monoisotopic (exact) mass is 864 g/mol. The van der Waals surface area contributed by atoms with Gasteiger partial charge in [-0.15, -0.1) is 0 Å². The summed E-state index contributed by atoms with van der Waals surface area (Å²) in [5.41, 5.74) is 14.9. The highest BCUT2D eigenvalue weighted by molar-refractivity contribution is 6.28. The van der Waals surface area contributed by atoms with Gasteiger partial charge in [0.25, 0.3) is 0 Å². The number of nitrogens with zero attached hydrogens (tertiary/aromatic N) is 6. The summed E-state index contributed by atoms with van der Waals surface area (Å²) in [6.45, 7) is 0. The average molecular weight is 865 g/mol. The molecule has 0 aliphatic carbocycles. The van der Waals surface area contributed by atoms with E-state index in [1.54, 1.807) is 0 Å². The first-order chi connectivity index (χ1) is 33.7. The van der Waals surface area contributed by atoms with E-state index in [9.17, 15) is 10.5 Å². The zero-order chi connectivity index (χ0) is 45.0. The largest absolute Gasteiger partial charge is 0.309 e. The minimum absolute atomic E-state index is 0.531. The Morgan fingerprint density at radius 1 is 0.294 bits per heavy atom. The van der Waals surface area contributed by atoms with E-state index in [2.05, 4.69) is 231 Å². The van der Waals surface area contributed by atoms with E-state index in [0.717, 1.165) is 121 Å². The SMILES string of the molecule is N#Cc1cccc(-c2cc(-n3c4ccccc4c4ccc5c(c6ccccc6n5-c5ccccc5)c43)c(C#N)c(-n3c4ccccc4c4ccc5c(c6ccccc6n5-c5ccccc5)c43)c2)c1. The molecule has 0 N–H and O–H groups in total. The van der Waals surface area contributed by atoms with Gasteiger partial charge in [0, 0.05) is 54.5 Å². The van der Waals surface area contributed by atoms with E-state index in [1.807, 2.05) is 18.2 Å². The third-order valence-electron chi connectivity index (χ3n) is 14.0. The number of aromatic nitrogens is 4. The molecule has 0 amide bonds. The first kappa shape index (κ1) is 37.7. The van der Waals surface area contributed by atoms with E-state index in [4.69, 9.17) is 0 Å². The van der Waals surface area contributed by atoms with Crippen molar-refractivity contribution >= 4 is 87.2 Å². The van der Waals surface area contributed by atoms with E-state index in [1.165, 1.54) is 0 Å². The molecule has 6 nitrogen and oxygen atoms in total. The van der Waals surface area contributed by atoms with Gasteiger partial charge >= 0.3 is 0 Å². The molecule has 68 heavy (non-hydrogen) atoms. The van der Waals surface area contributed by atoms with Gasteiger partial charge in [0.05, 0.1) is 67.1 Å². The highest BCUT2D eigenvalue weighted by Gasteiger charge is 2.27. The van der Waals surface area contributed by atoms with Gasteiger partial charge in [-0.25, -0.2) is 0 Å². The first-order valence-electron chi connectivity index (χ1n) is 22.8. The Morgan fingerprint density at radius 3 is 1.18 bits per heavy atom. The Balaban J connectivity index is 1.19. The van der Waals surface area contributed by atoms with E-state index in [-0.39, 0.29) is 0 Å². The Bertz CT molecular complexity index is 4260. The first-order valence-corrected chi connectivity index (χ1v) is 22.8. The molecule has 0 aliphatic heterocycles. The summed E-state index contributed by atoms with van der Waals surface area (Å²) in [6, 6.07) is 81.7. The van der Waals surface area contributed by atoms with Crippen LogP contribution in [0.1, 0.15) is 11.1 Å². The van der Waals surface area contributed by atoms with Crippen LogP contribution in [-0.2, 0) is 0 Å². The Kier molecular flexibility index (Phi) is 8.01. The molecule has 14 rings (SSSR count). The average Bonchev–Trinajstić information content (AvgIpc) is 4.13. The van der Waals surface area contributed by atoms with E-state index < -0.39 is 0 Å². The van der Waals surface area contributed by atoms with E-state index >= 15 is 0 Å². The molecule has 0 fully saturated rings. The van der Waals surface area contributed by atoms with Crippen LogP contribution in [0.3, 0.4) is 0 Å². The minimum atomic E-state index is 0.531. The summed E-state index contributed by atoms with van der Waals surface area (Å²) < 4.78 is 9.36. The quantitative estimate of drug-likeness (QED) is 0.173. The fraction of sp³-hybridized carbons (Fsp3) is 0. The van der Waals surface area contributed by atoms with Crippen LogP contribution in [0.4, 0.5) is 0 Å². The van der Waals surface area contributed by atoms with Crippen LogP contribution in [-0.4, -0.2) is 18.3 Å². The van der Waals surface area contributed by atoms with Crippen molar-refractivity contribution < 1.29 is 0 Å². The lowest BCUT2D eigenvalue weighted by Crippen LogP contribution is -2.05. The second-order valence-corrected chi connectivity index (χ2v) is 17.5. The predicted molar refractivity (Wildman–Crippen MR) is 279 cm³/mol. The number of rotatable bonds is 5. The van der Waals surface area contributed by atoms with Crippen LogP contribution >= 0.6 is 0 Å². The van der Waals surface area contributed by atoms with Gasteiger partial charge in [-0.1, -0.05) is 133 Å². The minimum Gasteiger partial charge on any atom is -0.309 e. The van der Waals surface area contributed by atoms with Crippen molar-refractivity contribution in [2.75, 3.05) is 0 Å². The molecule has 0 atom stereocenters. The number of benzene rings is 10. The predicted octanol–water partition coefficient (Wildman–Crippen LogP) is 15.5. The summed E-state index contributed by atoms with van der Waals surface area (Å²) in [6.07, 6.45) is 0. The van der Waals surface area contributed by atoms with Crippen LogP contribution in [0.5, 0.6) is 0 Å². The van der Waals surface area contributed by atoms with Gasteiger partial charge in [0.15, 0.2) is 0 Å². The lowest BCUT2D eigenvalue weighted by atomic mass is 9.98. The molecule has 14 aromatic rings. The maximum Gasteiger partial charge on any atom is 0.104 e. The molecule has 6 heteroatoms. The number of hydrogen-bond acceptors (Lipinski definition) is 2. The van der Waals surface area contributed by atoms with Crippen molar-refractivity contribution in [1.82, 2.24) is 18.3 Å². The van der Waals surface area contributed by atoms with Crippen LogP contribution in [0.15, 0.2) is 218 Å². The fourth-order valence-electron chi connectivity index (χ4n) is 11.2. The Labute approximate surface area is 389 Å². The van der Waals surface area contributed by atoms with Crippen LogP contribution in [0.25, 0.3) is 121 Å². The van der Waals surface area contributed by atoms with Gasteiger partial charge in [-0.3, -0.25) is 0 Å². The molecule has 314 valence electrons. The number of fused-ring (bicyclic) bond motifs is 14. The highest BCUT2D eigenvalue weighted by Crippen LogP contribution is 2.46. The maximum atomic E-state index is 12.0. The Hall–Kier alpha value is -9.62. The molecular weight excluding hydrogens is 829 g/mol. The Morgan fingerprint density at radius 2 is 0.721 bits per heavy atom. The third kappa shape index (κ3) is 5.20. The molecule has 4 aromatic heterocycles. The number of para-hydroxylation sites is 6. The summed E-state index contributed by atoms with van der Waals surface area (Å²) in [5, 5.41) is 31.0. The van der Waals surface area contributed by atoms with Crippen molar-refractivity contribution in [1.29, 1.82) is 10.5 Å². The maximum absolute atomic E-state index is 12.0. The van der Waals surface area contributed by atoms with E-state index in [0.29, 0.717) is 11.1 Å². The van der Waals surface area contributed by atoms with Gasteiger partial charge in [0.1, 0.15) is 11.6 Å².